The highest BCUT2D eigenvalue weighted by atomic mass is 16.4. The third-order valence-electron chi connectivity index (χ3n) is 4.46. The van der Waals surface area contributed by atoms with Crippen LogP contribution in [0.5, 0.6) is 0 Å². The summed E-state index contributed by atoms with van der Waals surface area (Å²) < 4.78 is 0. The van der Waals surface area contributed by atoms with Crippen LogP contribution in [0.3, 0.4) is 0 Å². The third kappa shape index (κ3) is 12.4. The van der Waals surface area contributed by atoms with E-state index >= 15 is 0 Å². The van der Waals surface area contributed by atoms with Gasteiger partial charge in [-0.2, -0.15) is 0 Å². The van der Waals surface area contributed by atoms with Gasteiger partial charge in [-0.3, -0.25) is 24.0 Å². The van der Waals surface area contributed by atoms with E-state index in [-0.39, 0.29) is 31.6 Å². The molecule has 0 aromatic heterocycles. The number of rotatable bonds is 16. The molecule has 0 bridgehead atoms. The van der Waals surface area contributed by atoms with Crippen molar-refractivity contribution in [3.63, 3.8) is 0 Å². The number of carbonyl (C=O) groups excluding carboxylic acids is 4. The van der Waals surface area contributed by atoms with Crippen molar-refractivity contribution in [2.45, 2.75) is 70.1 Å². The molecule has 33 heavy (non-hydrogen) atoms. The number of aliphatic hydroxyl groups excluding tert-OH is 1. The summed E-state index contributed by atoms with van der Waals surface area (Å²) in [6.45, 7) is 2.62. The molecule has 0 aliphatic carbocycles. The zero-order valence-corrected chi connectivity index (χ0v) is 18.6. The van der Waals surface area contributed by atoms with E-state index in [1.807, 2.05) is 5.32 Å². The summed E-state index contributed by atoms with van der Waals surface area (Å²) >= 11 is 0. The molecular formula is C19H33N5O9. The third-order valence-corrected chi connectivity index (χ3v) is 4.46. The number of hydrogen-bond donors (Lipinski definition) is 8. The second-order valence-electron chi connectivity index (χ2n) is 7.88. The van der Waals surface area contributed by atoms with Gasteiger partial charge >= 0.3 is 11.9 Å². The molecule has 10 N–H and O–H groups in total. The largest absolute Gasteiger partial charge is 0.481 e. The smallest absolute Gasteiger partial charge is 0.328 e. The highest BCUT2D eigenvalue weighted by molar-refractivity contribution is 5.94. The Hall–Kier alpha value is -3.26. The van der Waals surface area contributed by atoms with Crippen molar-refractivity contribution in [1.29, 1.82) is 0 Å². The van der Waals surface area contributed by atoms with Gasteiger partial charge in [-0.15, -0.1) is 0 Å². The predicted molar refractivity (Wildman–Crippen MR) is 113 cm³/mol. The summed E-state index contributed by atoms with van der Waals surface area (Å²) in [6, 6.07) is -5.37. The maximum Gasteiger partial charge on any atom is 0.328 e. The molecule has 0 spiro atoms. The van der Waals surface area contributed by atoms with E-state index in [4.69, 9.17) is 26.8 Å². The minimum Gasteiger partial charge on any atom is -0.481 e. The molecule has 14 nitrogen and oxygen atoms in total. The van der Waals surface area contributed by atoms with Crippen LogP contribution in [0.15, 0.2) is 0 Å². The molecule has 4 amide bonds. The molecule has 4 atom stereocenters. The zero-order valence-electron chi connectivity index (χ0n) is 18.6. The molecule has 0 aromatic rings. The van der Waals surface area contributed by atoms with Crippen molar-refractivity contribution in [1.82, 2.24) is 16.0 Å². The number of carbonyl (C=O) groups is 6. The van der Waals surface area contributed by atoms with E-state index in [0.717, 1.165) is 0 Å². The Labute approximate surface area is 190 Å². The van der Waals surface area contributed by atoms with E-state index < -0.39 is 72.8 Å². The Kier molecular flexibility index (Phi) is 13.3. The average molecular weight is 475 g/mol. The summed E-state index contributed by atoms with van der Waals surface area (Å²) in [4.78, 5) is 70.4. The molecule has 0 saturated heterocycles. The normalized spacial score (nSPS) is 14.5. The Balaban J connectivity index is 5.45. The van der Waals surface area contributed by atoms with Crippen LogP contribution in [-0.2, 0) is 28.8 Å². The SMILES string of the molecule is CC(C)CC(NC(=O)C(N)CCC(N)=O)C(=O)NC(CCC(=O)O)C(=O)NC(CO)C(=O)O. The highest BCUT2D eigenvalue weighted by Crippen LogP contribution is 2.08. The van der Waals surface area contributed by atoms with Gasteiger partial charge < -0.3 is 42.7 Å². The molecule has 0 aliphatic rings. The van der Waals surface area contributed by atoms with Crippen molar-refractivity contribution < 1.29 is 44.1 Å². The molecule has 0 fully saturated rings. The van der Waals surface area contributed by atoms with Crippen LogP contribution < -0.4 is 27.4 Å². The lowest BCUT2D eigenvalue weighted by molar-refractivity contribution is -0.144. The van der Waals surface area contributed by atoms with Crippen molar-refractivity contribution in [2.75, 3.05) is 6.61 Å². The summed E-state index contributed by atoms with van der Waals surface area (Å²) in [7, 11) is 0. The fourth-order valence-electron chi connectivity index (χ4n) is 2.68. The average Bonchev–Trinajstić information content (AvgIpc) is 2.71. The van der Waals surface area contributed by atoms with Gasteiger partial charge in [-0.25, -0.2) is 4.79 Å². The molecule has 0 aromatic carbocycles. The second kappa shape index (κ2) is 14.7. The van der Waals surface area contributed by atoms with Crippen LogP contribution in [0.2, 0.25) is 0 Å². The van der Waals surface area contributed by atoms with Crippen LogP contribution >= 0.6 is 0 Å². The van der Waals surface area contributed by atoms with Crippen LogP contribution in [0.4, 0.5) is 0 Å². The van der Waals surface area contributed by atoms with Gasteiger partial charge in [0.1, 0.15) is 18.1 Å². The van der Waals surface area contributed by atoms with E-state index in [0.29, 0.717) is 0 Å². The summed E-state index contributed by atoms with van der Waals surface area (Å²) in [5.74, 6) is -6.07. The van der Waals surface area contributed by atoms with E-state index in [9.17, 15) is 28.8 Å². The number of hydrogen-bond acceptors (Lipinski definition) is 8. The summed E-state index contributed by atoms with van der Waals surface area (Å²) in [6.07, 6.45) is -0.928. The molecule has 14 heteroatoms. The topological polar surface area (TPSA) is 251 Å². The number of aliphatic hydroxyl groups is 1. The first-order valence-electron chi connectivity index (χ1n) is 10.3. The Morgan fingerprint density at radius 2 is 1.30 bits per heavy atom. The monoisotopic (exact) mass is 475 g/mol. The fraction of sp³-hybridized carbons (Fsp3) is 0.684. The quantitative estimate of drug-likeness (QED) is 0.112. The molecule has 188 valence electrons. The van der Waals surface area contributed by atoms with Crippen LogP contribution in [0.1, 0.15) is 46.0 Å². The Bertz CT molecular complexity index is 728. The fourth-order valence-corrected chi connectivity index (χ4v) is 2.68. The number of amides is 4. The lowest BCUT2D eigenvalue weighted by Crippen LogP contribution is -2.57. The molecule has 0 aliphatic heterocycles. The van der Waals surface area contributed by atoms with E-state index in [1.165, 1.54) is 0 Å². The minimum atomic E-state index is -1.66. The Morgan fingerprint density at radius 1 is 0.788 bits per heavy atom. The summed E-state index contributed by atoms with van der Waals surface area (Å²) in [5, 5.41) is 33.7. The van der Waals surface area contributed by atoms with Gasteiger partial charge in [0.15, 0.2) is 0 Å². The molecule has 0 saturated carbocycles. The first-order chi connectivity index (χ1) is 15.3. The van der Waals surface area contributed by atoms with Crippen molar-refractivity contribution in [3.05, 3.63) is 0 Å². The molecule has 0 heterocycles. The maximum atomic E-state index is 12.8. The zero-order chi connectivity index (χ0) is 25.7. The van der Waals surface area contributed by atoms with Crippen molar-refractivity contribution in [3.8, 4) is 0 Å². The van der Waals surface area contributed by atoms with Gasteiger partial charge in [0.2, 0.25) is 23.6 Å². The van der Waals surface area contributed by atoms with E-state index in [2.05, 4.69) is 10.6 Å². The lowest BCUT2D eigenvalue weighted by atomic mass is 10.0. The minimum absolute atomic E-state index is 0.0431. The van der Waals surface area contributed by atoms with Crippen LogP contribution in [0, 0.1) is 5.92 Å². The van der Waals surface area contributed by atoms with Crippen LogP contribution in [-0.4, -0.2) is 81.7 Å². The molecular weight excluding hydrogens is 442 g/mol. The number of aliphatic carboxylic acids is 2. The standard InChI is InChI=1S/C19H33N5O9/c1-9(2)7-12(23-16(29)10(20)3-5-14(21)26)18(31)22-11(4-6-15(27)28)17(30)24-13(8-25)19(32)33/h9-13,25H,3-8,20H2,1-2H3,(H2,21,26)(H,22,31)(H,23,29)(H,24,30)(H,27,28)(H,32,33). The molecule has 4 unspecified atom stereocenters. The van der Waals surface area contributed by atoms with Crippen molar-refractivity contribution in [2.24, 2.45) is 17.4 Å². The van der Waals surface area contributed by atoms with Gasteiger partial charge in [-0.05, 0) is 25.2 Å². The highest BCUT2D eigenvalue weighted by Gasteiger charge is 2.30. The van der Waals surface area contributed by atoms with Gasteiger partial charge in [0.25, 0.3) is 0 Å². The first-order valence-corrected chi connectivity index (χ1v) is 10.3. The summed E-state index contributed by atoms with van der Waals surface area (Å²) in [5.41, 5.74) is 10.7. The second-order valence-corrected chi connectivity index (χ2v) is 7.88. The Morgan fingerprint density at radius 3 is 1.76 bits per heavy atom. The maximum absolute atomic E-state index is 12.8. The number of carboxylic acids is 2. The van der Waals surface area contributed by atoms with Gasteiger partial charge in [-0.1, -0.05) is 13.8 Å². The number of primary amides is 1. The number of nitrogens with one attached hydrogen (secondary N) is 3. The molecule has 0 rings (SSSR count). The number of nitrogens with two attached hydrogens (primary N) is 2. The molecule has 0 radical (unpaired) electrons. The number of carboxylic acid groups (broad SMARTS) is 2. The van der Waals surface area contributed by atoms with Crippen molar-refractivity contribution >= 4 is 35.6 Å². The van der Waals surface area contributed by atoms with Crippen LogP contribution in [0.25, 0.3) is 0 Å². The van der Waals surface area contributed by atoms with Gasteiger partial charge in [0.05, 0.1) is 12.6 Å². The predicted octanol–water partition coefficient (Wildman–Crippen LogP) is -2.98. The van der Waals surface area contributed by atoms with E-state index in [1.54, 1.807) is 13.8 Å². The lowest BCUT2D eigenvalue weighted by Gasteiger charge is -2.25. The van der Waals surface area contributed by atoms with Gasteiger partial charge in [0, 0.05) is 12.8 Å². The first kappa shape index (κ1) is 29.7.